The fourth-order valence-corrected chi connectivity index (χ4v) is 1.45. The van der Waals surface area contributed by atoms with E-state index in [0.717, 1.165) is 12.0 Å². The van der Waals surface area contributed by atoms with Crippen molar-refractivity contribution in [1.82, 2.24) is 10.6 Å². The molecule has 4 nitrogen and oxygen atoms in total. The number of nitrogens with one attached hydrogen (secondary N) is 2. The van der Waals surface area contributed by atoms with E-state index in [1.807, 2.05) is 44.2 Å². The van der Waals surface area contributed by atoms with Gasteiger partial charge in [0.15, 0.2) is 0 Å². The maximum absolute atomic E-state index is 11.6. The first-order valence-corrected chi connectivity index (χ1v) is 6.21. The Morgan fingerprint density at radius 3 is 2.44 bits per heavy atom. The van der Waals surface area contributed by atoms with Gasteiger partial charge in [-0.15, -0.1) is 0 Å². The molecule has 18 heavy (non-hydrogen) atoms. The van der Waals surface area contributed by atoms with Crippen molar-refractivity contribution in [3.63, 3.8) is 0 Å². The van der Waals surface area contributed by atoms with Gasteiger partial charge in [-0.25, -0.2) is 0 Å². The minimum absolute atomic E-state index is 0.0377. The van der Waals surface area contributed by atoms with Crippen LogP contribution < -0.4 is 10.6 Å². The van der Waals surface area contributed by atoms with Crippen LogP contribution in [-0.2, 0) is 16.0 Å². The molecule has 2 amide bonds. The van der Waals surface area contributed by atoms with E-state index in [9.17, 15) is 9.59 Å². The van der Waals surface area contributed by atoms with Crippen molar-refractivity contribution in [3.8, 4) is 0 Å². The van der Waals surface area contributed by atoms with Crippen LogP contribution in [-0.4, -0.2) is 24.4 Å². The first-order chi connectivity index (χ1) is 8.61. The Morgan fingerprint density at radius 2 is 1.83 bits per heavy atom. The van der Waals surface area contributed by atoms with Crippen LogP contribution in [0.25, 0.3) is 0 Å². The third-order valence-corrected chi connectivity index (χ3v) is 2.67. The van der Waals surface area contributed by atoms with Gasteiger partial charge in [-0.1, -0.05) is 37.3 Å². The molecule has 2 N–H and O–H groups in total. The number of carbonyl (C=O) groups is 2. The van der Waals surface area contributed by atoms with E-state index in [0.29, 0.717) is 6.42 Å². The van der Waals surface area contributed by atoms with Crippen LogP contribution in [0.5, 0.6) is 0 Å². The van der Waals surface area contributed by atoms with E-state index in [4.69, 9.17) is 0 Å². The van der Waals surface area contributed by atoms with Crippen molar-refractivity contribution in [2.75, 3.05) is 6.54 Å². The molecule has 0 heterocycles. The second-order valence-corrected chi connectivity index (χ2v) is 4.32. The van der Waals surface area contributed by atoms with Crippen LogP contribution in [0.4, 0.5) is 0 Å². The second-order valence-electron chi connectivity index (χ2n) is 4.32. The molecule has 1 rings (SSSR count). The third kappa shape index (κ3) is 5.48. The lowest BCUT2D eigenvalue weighted by molar-refractivity contribution is -0.126. The van der Waals surface area contributed by atoms with Crippen molar-refractivity contribution in [2.45, 2.75) is 32.7 Å². The molecule has 0 bridgehead atoms. The Kier molecular flexibility index (Phi) is 5.91. The van der Waals surface area contributed by atoms with Crippen molar-refractivity contribution in [2.24, 2.45) is 0 Å². The molecule has 98 valence electrons. The van der Waals surface area contributed by atoms with E-state index in [2.05, 4.69) is 10.6 Å². The summed E-state index contributed by atoms with van der Waals surface area (Å²) in [6.07, 6.45) is 1.18. The number of carbonyl (C=O) groups excluding carboxylic acids is 2. The van der Waals surface area contributed by atoms with E-state index in [-0.39, 0.29) is 24.4 Å². The molecular weight excluding hydrogens is 228 g/mol. The summed E-state index contributed by atoms with van der Waals surface area (Å²) in [4.78, 5) is 23.0. The van der Waals surface area contributed by atoms with Gasteiger partial charge in [-0.05, 0) is 18.9 Å². The highest BCUT2D eigenvalue weighted by atomic mass is 16.2. The summed E-state index contributed by atoms with van der Waals surface area (Å²) >= 11 is 0. The Labute approximate surface area is 108 Å². The number of hydrogen-bond donors (Lipinski definition) is 2. The third-order valence-electron chi connectivity index (χ3n) is 2.67. The average Bonchev–Trinajstić information content (AvgIpc) is 2.37. The monoisotopic (exact) mass is 248 g/mol. The second kappa shape index (κ2) is 7.48. The van der Waals surface area contributed by atoms with Gasteiger partial charge >= 0.3 is 0 Å². The van der Waals surface area contributed by atoms with E-state index in [1.54, 1.807) is 0 Å². The molecule has 1 atom stereocenters. The fraction of sp³-hybridized carbons (Fsp3) is 0.429. The van der Waals surface area contributed by atoms with Gasteiger partial charge in [0.2, 0.25) is 11.8 Å². The van der Waals surface area contributed by atoms with E-state index < -0.39 is 0 Å². The fourth-order valence-electron chi connectivity index (χ4n) is 1.45. The zero-order chi connectivity index (χ0) is 13.4. The first-order valence-electron chi connectivity index (χ1n) is 6.21. The SMILES string of the molecule is CCC(C)NC(=O)CNC(=O)Cc1ccccc1. The Morgan fingerprint density at radius 1 is 1.17 bits per heavy atom. The maximum Gasteiger partial charge on any atom is 0.239 e. The van der Waals surface area contributed by atoms with Gasteiger partial charge in [0, 0.05) is 6.04 Å². The summed E-state index contributed by atoms with van der Waals surface area (Å²) in [6, 6.07) is 9.60. The summed E-state index contributed by atoms with van der Waals surface area (Å²) in [5, 5.41) is 5.40. The Bertz CT molecular complexity index is 390. The Balaban J connectivity index is 2.27. The molecule has 0 aliphatic rings. The van der Waals surface area contributed by atoms with Crippen molar-refractivity contribution in [1.29, 1.82) is 0 Å². The van der Waals surface area contributed by atoms with Gasteiger partial charge < -0.3 is 10.6 Å². The van der Waals surface area contributed by atoms with Gasteiger partial charge in [0.25, 0.3) is 0 Å². The van der Waals surface area contributed by atoms with Crippen LogP contribution >= 0.6 is 0 Å². The molecule has 0 aromatic heterocycles. The minimum Gasteiger partial charge on any atom is -0.352 e. The quantitative estimate of drug-likeness (QED) is 0.796. The molecule has 0 fully saturated rings. The van der Waals surface area contributed by atoms with Gasteiger partial charge in [0.05, 0.1) is 13.0 Å². The predicted molar refractivity (Wildman–Crippen MR) is 71.1 cm³/mol. The van der Waals surface area contributed by atoms with Gasteiger partial charge in [0.1, 0.15) is 0 Å². The summed E-state index contributed by atoms with van der Waals surface area (Å²) in [5.74, 6) is -0.286. The maximum atomic E-state index is 11.6. The molecular formula is C14H20N2O2. The zero-order valence-electron chi connectivity index (χ0n) is 10.9. The number of benzene rings is 1. The first kappa shape index (κ1) is 14.2. The summed E-state index contributed by atoms with van der Waals surface area (Å²) in [5.41, 5.74) is 0.942. The molecule has 1 aromatic rings. The van der Waals surface area contributed by atoms with Crippen LogP contribution in [0, 0.1) is 0 Å². The van der Waals surface area contributed by atoms with Gasteiger partial charge in [-0.2, -0.15) is 0 Å². The highest BCUT2D eigenvalue weighted by Gasteiger charge is 2.08. The number of amides is 2. The highest BCUT2D eigenvalue weighted by molar-refractivity contribution is 5.85. The summed E-state index contributed by atoms with van der Waals surface area (Å²) < 4.78 is 0. The molecule has 0 saturated carbocycles. The van der Waals surface area contributed by atoms with Crippen LogP contribution in [0.2, 0.25) is 0 Å². The van der Waals surface area contributed by atoms with Crippen LogP contribution in [0.1, 0.15) is 25.8 Å². The van der Waals surface area contributed by atoms with Crippen LogP contribution in [0.3, 0.4) is 0 Å². The lowest BCUT2D eigenvalue weighted by Gasteiger charge is -2.11. The van der Waals surface area contributed by atoms with Crippen LogP contribution in [0.15, 0.2) is 30.3 Å². The molecule has 1 aromatic carbocycles. The standard InChI is InChI=1S/C14H20N2O2/c1-3-11(2)16-14(18)10-15-13(17)9-12-7-5-4-6-8-12/h4-8,11H,3,9-10H2,1-2H3,(H,15,17)(H,16,18). The minimum atomic E-state index is -0.147. The summed E-state index contributed by atoms with van der Waals surface area (Å²) in [6.45, 7) is 3.97. The van der Waals surface area contributed by atoms with Crippen molar-refractivity contribution < 1.29 is 9.59 Å². The molecule has 0 saturated heterocycles. The lowest BCUT2D eigenvalue weighted by atomic mass is 10.1. The molecule has 0 aliphatic heterocycles. The van der Waals surface area contributed by atoms with E-state index in [1.165, 1.54) is 0 Å². The topological polar surface area (TPSA) is 58.2 Å². The molecule has 0 aliphatic carbocycles. The highest BCUT2D eigenvalue weighted by Crippen LogP contribution is 1.98. The smallest absolute Gasteiger partial charge is 0.239 e. The normalized spacial score (nSPS) is 11.7. The molecule has 0 radical (unpaired) electrons. The van der Waals surface area contributed by atoms with Crippen molar-refractivity contribution >= 4 is 11.8 Å². The molecule has 0 spiro atoms. The molecule has 1 unspecified atom stereocenters. The largest absolute Gasteiger partial charge is 0.352 e. The average molecular weight is 248 g/mol. The van der Waals surface area contributed by atoms with Crippen molar-refractivity contribution in [3.05, 3.63) is 35.9 Å². The van der Waals surface area contributed by atoms with Gasteiger partial charge in [-0.3, -0.25) is 9.59 Å². The number of hydrogen-bond acceptors (Lipinski definition) is 2. The summed E-state index contributed by atoms with van der Waals surface area (Å²) in [7, 11) is 0. The number of rotatable bonds is 6. The molecule has 4 heteroatoms. The lowest BCUT2D eigenvalue weighted by Crippen LogP contribution is -2.41. The zero-order valence-corrected chi connectivity index (χ0v) is 10.9. The predicted octanol–water partition coefficient (Wildman–Crippen LogP) is 1.26. The van der Waals surface area contributed by atoms with E-state index >= 15 is 0 Å². The Hall–Kier alpha value is -1.84.